The minimum Gasteiger partial charge on any atom is -0.369 e. The summed E-state index contributed by atoms with van der Waals surface area (Å²) in [6, 6.07) is 11.2. The molecule has 1 atom stereocenters. The zero-order chi connectivity index (χ0) is 22.9. The molecule has 0 saturated carbocycles. The second-order valence-corrected chi connectivity index (χ2v) is 10.7. The Labute approximate surface area is 193 Å². The first kappa shape index (κ1) is 22.8. The van der Waals surface area contributed by atoms with Gasteiger partial charge in [0.15, 0.2) is 0 Å². The van der Waals surface area contributed by atoms with Crippen molar-refractivity contribution in [1.82, 2.24) is 4.31 Å². The number of nitro benzene ring substituents is 1. The Kier molecular flexibility index (Phi) is 6.60. The second-order valence-electron chi connectivity index (χ2n) is 8.34. The Bertz CT molecular complexity index is 1090. The van der Waals surface area contributed by atoms with Crippen molar-refractivity contribution in [3.63, 3.8) is 0 Å². The van der Waals surface area contributed by atoms with E-state index in [0.717, 1.165) is 38.0 Å². The molecular weight excluding hydrogens is 452 g/mol. The van der Waals surface area contributed by atoms with Crippen LogP contribution in [0.3, 0.4) is 0 Å². The van der Waals surface area contributed by atoms with E-state index in [9.17, 15) is 18.5 Å². The van der Waals surface area contributed by atoms with Crippen molar-refractivity contribution in [3.05, 3.63) is 57.6 Å². The SMILES string of the molecule is C[C@@H]1CN(c2ccc([N+](=O)[O-])c(N3CCCCC3)c2)CCN1S(=O)(=O)c1ccc(Cl)cc1. The fourth-order valence-corrected chi connectivity index (χ4v) is 6.26. The molecule has 2 aliphatic rings. The van der Waals surface area contributed by atoms with Crippen molar-refractivity contribution in [2.45, 2.75) is 37.1 Å². The molecule has 0 radical (unpaired) electrons. The molecule has 8 nitrogen and oxygen atoms in total. The van der Waals surface area contributed by atoms with Crippen LogP contribution >= 0.6 is 11.6 Å². The topological polar surface area (TPSA) is 87.0 Å². The van der Waals surface area contributed by atoms with E-state index >= 15 is 0 Å². The van der Waals surface area contributed by atoms with E-state index in [2.05, 4.69) is 9.80 Å². The third-order valence-electron chi connectivity index (χ3n) is 6.20. The summed E-state index contributed by atoms with van der Waals surface area (Å²) in [5.41, 5.74) is 1.65. The smallest absolute Gasteiger partial charge is 0.292 e. The molecule has 2 aromatic carbocycles. The predicted octanol–water partition coefficient (Wildman–Crippen LogP) is 4.14. The third-order valence-corrected chi connectivity index (χ3v) is 8.48. The summed E-state index contributed by atoms with van der Waals surface area (Å²) < 4.78 is 27.7. The Morgan fingerprint density at radius 2 is 1.66 bits per heavy atom. The highest BCUT2D eigenvalue weighted by Crippen LogP contribution is 2.35. The molecule has 0 spiro atoms. The Morgan fingerprint density at radius 1 is 0.969 bits per heavy atom. The Morgan fingerprint density at radius 3 is 2.28 bits per heavy atom. The zero-order valence-electron chi connectivity index (χ0n) is 18.0. The predicted molar refractivity (Wildman–Crippen MR) is 126 cm³/mol. The van der Waals surface area contributed by atoms with E-state index in [1.54, 1.807) is 24.3 Å². The molecular formula is C22H27ClN4O4S. The number of nitro groups is 1. The molecule has 0 bridgehead atoms. The molecule has 0 unspecified atom stereocenters. The van der Waals surface area contributed by atoms with Crippen LogP contribution in [0.15, 0.2) is 47.4 Å². The van der Waals surface area contributed by atoms with Crippen molar-refractivity contribution in [2.75, 3.05) is 42.5 Å². The number of rotatable bonds is 5. The monoisotopic (exact) mass is 478 g/mol. The van der Waals surface area contributed by atoms with Crippen LogP contribution in [0.2, 0.25) is 5.02 Å². The average molecular weight is 479 g/mol. The van der Waals surface area contributed by atoms with Gasteiger partial charge in [0, 0.05) is 55.5 Å². The lowest BCUT2D eigenvalue weighted by atomic mass is 10.1. The van der Waals surface area contributed by atoms with Gasteiger partial charge in [0.2, 0.25) is 10.0 Å². The normalized spacial score (nSPS) is 20.4. The highest BCUT2D eigenvalue weighted by molar-refractivity contribution is 7.89. The minimum atomic E-state index is -3.63. The van der Waals surface area contributed by atoms with Crippen LogP contribution in [0.4, 0.5) is 17.1 Å². The van der Waals surface area contributed by atoms with E-state index in [-0.39, 0.29) is 21.5 Å². The third kappa shape index (κ3) is 4.55. The van der Waals surface area contributed by atoms with E-state index in [0.29, 0.717) is 30.3 Å². The van der Waals surface area contributed by atoms with E-state index in [4.69, 9.17) is 11.6 Å². The number of hydrogen-bond donors (Lipinski definition) is 0. The van der Waals surface area contributed by atoms with Gasteiger partial charge in [0.05, 0.1) is 9.82 Å². The fraction of sp³-hybridized carbons (Fsp3) is 0.455. The number of piperidine rings is 1. The van der Waals surface area contributed by atoms with Gasteiger partial charge in [0.1, 0.15) is 5.69 Å². The maximum Gasteiger partial charge on any atom is 0.292 e. The van der Waals surface area contributed by atoms with Crippen molar-refractivity contribution in [2.24, 2.45) is 0 Å². The summed E-state index contributed by atoms with van der Waals surface area (Å²) in [5, 5.41) is 12.1. The summed E-state index contributed by atoms with van der Waals surface area (Å²) in [6.07, 6.45) is 3.20. The number of anilines is 2. The fourth-order valence-electron chi connectivity index (χ4n) is 4.53. The average Bonchev–Trinajstić information content (AvgIpc) is 2.79. The zero-order valence-corrected chi connectivity index (χ0v) is 19.6. The molecule has 2 aromatic rings. The Balaban J connectivity index is 1.55. The summed E-state index contributed by atoms with van der Waals surface area (Å²) in [4.78, 5) is 15.7. The minimum absolute atomic E-state index is 0.118. The molecule has 2 aliphatic heterocycles. The van der Waals surface area contributed by atoms with Gasteiger partial charge < -0.3 is 9.80 Å². The first-order valence-corrected chi connectivity index (χ1v) is 12.6. The molecule has 10 heteroatoms. The highest BCUT2D eigenvalue weighted by Gasteiger charge is 2.34. The standard InChI is InChI=1S/C22H27ClN4O4S/c1-17-16-25(13-14-26(17)32(30,31)20-8-5-18(23)6-9-20)19-7-10-21(27(28)29)22(15-19)24-11-3-2-4-12-24/h5-10,15,17H,2-4,11-14,16H2,1H3/t17-/m1/s1. The van der Waals surface area contributed by atoms with Crippen LogP contribution in [0.1, 0.15) is 26.2 Å². The lowest BCUT2D eigenvalue weighted by molar-refractivity contribution is -0.384. The number of benzene rings is 2. The van der Waals surface area contributed by atoms with Gasteiger partial charge in [-0.2, -0.15) is 4.31 Å². The number of nitrogens with zero attached hydrogens (tertiary/aromatic N) is 4. The summed E-state index contributed by atoms with van der Waals surface area (Å²) in [7, 11) is -3.63. The Hall–Kier alpha value is -2.36. The van der Waals surface area contributed by atoms with Crippen LogP contribution in [-0.4, -0.2) is 56.4 Å². The van der Waals surface area contributed by atoms with Gasteiger partial charge in [-0.1, -0.05) is 11.6 Å². The van der Waals surface area contributed by atoms with Crippen molar-refractivity contribution in [1.29, 1.82) is 0 Å². The van der Waals surface area contributed by atoms with Crippen LogP contribution < -0.4 is 9.80 Å². The van der Waals surface area contributed by atoms with Crippen LogP contribution in [0.25, 0.3) is 0 Å². The number of sulfonamides is 1. The highest BCUT2D eigenvalue weighted by atomic mass is 35.5. The molecule has 4 rings (SSSR count). The van der Waals surface area contributed by atoms with E-state index < -0.39 is 10.0 Å². The van der Waals surface area contributed by atoms with E-state index in [1.807, 2.05) is 13.0 Å². The first-order chi connectivity index (χ1) is 15.3. The van der Waals surface area contributed by atoms with Crippen LogP contribution in [-0.2, 0) is 10.0 Å². The molecule has 0 N–H and O–H groups in total. The molecule has 0 amide bonds. The number of halogens is 1. The molecule has 2 fully saturated rings. The van der Waals surface area contributed by atoms with Crippen molar-refractivity contribution >= 4 is 38.7 Å². The van der Waals surface area contributed by atoms with Gasteiger partial charge in [-0.05, 0) is 62.6 Å². The van der Waals surface area contributed by atoms with Gasteiger partial charge in [-0.15, -0.1) is 0 Å². The number of piperazine rings is 1. The molecule has 0 aliphatic carbocycles. The lowest BCUT2D eigenvalue weighted by Gasteiger charge is -2.40. The maximum atomic E-state index is 13.1. The van der Waals surface area contributed by atoms with E-state index in [1.165, 1.54) is 16.4 Å². The van der Waals surface area contributed by atoms with Crippen LogP contribution in [0, 0.1) is 10.1 Å². The largest absolute Gasteiger partial charge is 0.369 e. The molecule has 2 saturated heterocycles. The number of hydrogen-bond acceptors (Lipinski definition) is 6. The lowest BCUT2D eigenvalue weighted by Crippen LogP contribution is -2.54. The quantitative estimate of drug-likeness (QED) is 0.474. The summed E-state index contributed by atoms with van der Waals surface area (Å²) in [6.45, 7) is 4.86. The van der Waals surface area contributed by atoms with Gasteiger partial charge in [-0.25, -0.2) is 8.42 Å². The van der Waals surface area contributed by atoms with Crippen molar-refractivity contribution in [3.8, 4) is 0 Å². The van der Waals surface area contributed by atoms with Gasteiger partial charge in [-0.3, -0.25) is 10.1 Å². The van der Waals surface area contributed by atoms with Crippen LogP contribution in [0.5, 0.6) is 0 Å². The maximum absolute atomic E-state index is 13.1. The first-order valence-electron chi connectivity index (χ1n) is 10.8. The summed E-state index contributed by atoms with van der Waals surface area (Å²) in [5.74, 6) is 0. The van der Waals surface area contributed by atoms with Gasteiger partial charge >= 0.3 is 0 Å². The van der Waals surface area contributed by atoms with Gasteiger partial charge in [0.25, 0.3) is 5.69 Å². The summed E-state index contributed by atoms with van der Waals surface area (Å²) >= 11 is 5.90. The van der Waals surface area contributed by atoms with Crippen molar-refractivity contribution < 1.29 is 13.3 Å². The molecule has 2 heterocycles. The second kappa shape index (κ2) is 9.25. The molecule has 172 valence electrons. The molecule has 32 heavy (non-hydrogen) atoms. The molecule has 0 aromatic heterocycles.